The third kappa shape index (κ3) is 5.42. The van der Waals surface area contributed by atoms with Crippen molar-refractivity contribution in [2.24, 2.45) is 10.8 Å². The largest absolute Gasteiger partial charge is 0.446 e. The smallest absolute Gasteiger partial charge is 0.407 e. The molecule has 0 aromatic carbocycles. The first kappa shape index (κ1) is 16.3. The van der Waals surface area contributed by atoms with Gasteiger partial charge in [-0.15, -0.1) is 0 Å². The lowest BCUT2D eigenvalue weighted by Gasteiger charge is -2.32. The molecule has 0 aromatic heterocycles. The van der Waals surface area contributed by atoms with Crippen molar-refractivity contribution in [1.82, 2.24) is 5.32 Å². The lowest BCUT2D eigenvalue weighted by atomic mass is 9.85. The van der Waals surface area contributed by atoms with Gasteiger partial charge in [0.15, 0.2) is 0 Å². The third-order valence-electron chi connectivity index (χ3n) is 3.93. The molecule has 3 heteroatoms. The van der Waals surface area contributed by atoms with Crippen LogP contribution >= 0.6 is 0 Å². The fraction of sp³-hybridized carbons (Fsp3) is 0.929. The van der Waals surface area contributed by atoms with Crippen molar-refractivity contribution in [2.45, 2.75) is 74.0 Å². The maximum atomic E-state index is 11.7. The summed E-state index contributed by atoms with van der Waals surface area (Å²) in [5.41, 5.74) is 0.0604. The summed E-state index contributed by atoms with van der Waals surface area (Å²) in [6.45, 7) is 16.6. The van der Waals surface area contributed by atoms with Crippen LogP contribution in [0.15, 0.2) is 0 Å². The van der Waals surface area contributed by atoms with Crippen molar-refractivity contribution in [3.8, 4) is 0 Å². The highest BCUT2D eigenvalue weighted by molar-refractivity contribution is 5.67. The van der Waals surface area contributed by atoms with Crippen LogP contribution < -0.4 is 5.32 Å². The average molecular weight is 243 g/mol. The van der Waals surface area contributed by atoms with Crippen LogP contribution in [0.3, 0.4) is 0 Å². The molecule has 0 saturated carbocycles. The zero-order valence-electron chi connectivity index (χ0n) is 12.7. The maximum absolute atomic E-state index is 11.7. The first-order valence-corrected chi connectivity index (χ1v) is 6.48. The summed E-state index contributed by atoms with van der Waals surface area (Å²) in [6, 6.07) is 0.0898. The zero-order valence-corrected chi connectivity index (χ0v) is 12.7. The summed E-state index contributed by atoms with van der Waals surface area (Å²) < 4.78 is 5.42. The Bertz CT molecular complexity index is 253. The van der Waals surface area contributed by atoms with Crippen molar-refractivity contribution in [3.63, 3.8) is 0 Å². The molecule has 0 aliphatic heterocycles. The summed E-state index contributed by atoms with van der Waals surface area (Å²) >= 11 is 0. The van der Waals surface area contributed by atoms with E-state index in [2.05, 4.69) is 46.9 Å². The molecule has 0 rings (SSSR count). The predicted molar refractivity (Wildman–Crippen MR) is 72.1 cm³/mol. The Balaban J connectivity index is 4.29. The van der Waals surface area contributed by atoms with E-state index in [-0.39, 0.29) is 29.1 Å². The molecule has 0 bridgehead atoms. The Kier molecular flexibility index (Phi) is 5.50. The Morgan fingerprint density at radius 2 is 1.65 bits per heavy atom. The van der Waals surface area contributed by atoms with Crippen LogP contribution in [0.4, 0.5) is 4.79 Å². The van der Waals surface area contributed by atoms with Crippen LogP contribution in [-0.2, 0) is 4.74 Å². The summed E-state index contributed by atoms with van der Waals surface area (Å²) in [5, 5.41) is 2.89. The standard InChI is InChI=1S/C14H29NO2/c1-9-14(7,8)11(3)17-12(16)15-10(2)13(4,5)6/h10-11H,9H2,1-8H3,(H,15,16). The van der Waals surface area contributed by atoms with Crippen molar-refractivity contribution < 1.29 is 9.53 Å². The first-order valence-electron chi connectivity index (χ1n) is 6.48. The summed E-state index contributed by atoms with van der Waals surface area (Å²) in [5.74, 6) is 0. The SMILES string of the molecule is CCC(C)(C)C(C)OC(=O)NC(C)C(C)(C)C. The molecule has 1 amide bonds. The topological polar surface area (TPSA) is 38.3 Å². The number of rotatable bonds is 4. The van der Waals surface area contributed by atoms with Gasteiger partial charge in [0, 0.05) is 11.5 Å². The van der Waals surface area contributed by atoms with E-state index in [9.17, 15) is 4.79 Å². The van der Waals surface area contributed by atoms with E-state index in [1.807, 2.05) is 13.8 Å². The van der Waals surface area contributed by atoms with Gasteiger partial charge in [0.1, 0.15) is 6.10 Å². The van der Waals surface area contributed by atoms with Gasteiger partial charge >= 0.3 is 6.09 Å². The Labute approximate surface area is 106 Å². The number of carbonyl (C=O) groups is 1. The van der Waals surface area contributed by atoms with Crippen molar-refractivity contribution in [2.75, 3.05) is 0 Å². The Morgan fingerprint density at radius 3 is 2.00 bits per heavy atom. The highest BCUT2D eigenvalue weighted by Crippen LogP contribution is 2.27. The number of hydrogen-bond acceptors (Lipinski definition) is 2. The van der Waals surface area contributed by atoms with Gasteiger partial charge in [-0.25, -0.2) is 4.79 Å². The average Bonchev–Trinajstić information content (AvgIpc) is 2.15. The molecule has 2 atom stereocenters. The van der Waals surface area contributed by atoms with Crippen molar-refractivity contribution in [1.29, 1.82) is 0 Å². The predicted octanol–water partition coefficient (Wildman–Crippen LogP) is 3.97. The van der Waals surface area contributed by atoms with Crippen molar-refractivity contribution in [3.05, 3.63) is 0 Å². The minimum Gasteiger partial charge on any atom is -0.446 e. The molecule has 2 unspecified atom stereocenters. The second-order valence-electron chi connectivity index (χ2n) is 6.62. The second kappa shape index (κ2) is 5.74. The van der Waals surface area contributed by atoms with Gasteiger partial charge < -0.3 is 10.1 Å². The molecule has 0 spiro atoms. The van der Waals surface area contributed by atoms with Gasteiger partial charge in [-0.3, -0.25) is 0 Å². The molecule has 1 N–H and O–H groups in total. The molecule has 0 radical (unpaired) electrons. The minimum absolute atomic E-state index is 0.0162. The number of hydrogen-bond donors (Lipinski definition) is 1. The van der Waals surface area contributed by atoms with Crippen LogP contribution in [0.1, 0.15) is 61.8 Å². The van der Waals surface area contributed by atoms with Gasteiger partial charge in [-0.2, -0.15) is 0 Å². The molecule has 0 aromatic rings. The lowest BCUT2D eigenvalue weighted by Crippen LogP contribution is -2.44. The molecule has 0 saturated heterocycles. The van der Waals surface area contributed by atoms with Gasteiger partial charge in [-0.1, -0.05) is 41.5 Å². The van der Waals surface area contributed by atoms with E-state index in [1.165, 1.54) is 0 Å². The molecule has 0 fully saturated rings. The summed E-state index contributed by atoms with van der Waals surface area (Å²) in [4.78, 5) is 11.7. The molecular weight excluding hydrogens is 214 g/mol. The van der Waals surface area contributed by atoms with Crippen LogP contribution in [0.25, 0.3) is 0 Å². The zero-order chi connectivity index (χ0) is 13.9. The highest BCUT2D eigenvalue weighted by atomic mass is 16.6. The van der Waals surface area contributed by atoms with Crippen LogP contribution in [0, 0.1) is 10.8 Å². The molecule has 3 nitrogen and oxygen atoms in total. The number of carbonyl (C=O) groups excluding carboxylic acids is 1. The maximum Gasteiger partial charge on any atom is 0.407 e. The molecule has 0 aliphatic carbocycles. The van der Waals surface area contributed by atoms with Gasteiger partial charge in [0.2, 0.25) is 0 Å². The van der Waals surface area contributed by atoms with E-state index in [4.69, 9.17) is 4.74 Å². The fourth-order valence-electron chi connectivity index (χ4n) is 1.03. The Morgan fingerprint density at radius 1 is 1.18 bits per heavy atom. The highest BCUT2D eigenvalue weighted by Gasteiger charge is 2.28. The van der Waals surface area contributed by atoms with Crippen molar-refractivity contribution >= 4 is 6.09 Å². The third-order valence-corrected chi connectivity index (χ3v) is 3.93. The van der Waals surface area contributed by atoms with Crippen LogP contribution in [-0.4, -0.2) is 18.2 Å². The Hall–Kier alpha value is -0.730. The molecule has 102 valence electrons. The van der Waals surface area contributed by atoms with E-state index in [0.29, 0.717) is 0 Å². The molecule has 0 heterocycles. The number of alkyl carbamates (subject to hydrolysis) is 1. The normalized spacial score (nSPS) is 16.2. The molecule has 17 heavy (non-hydrogen) atoms. The second-order valence-corrected chi connectivity index (χ2v) is 6.62. The number of nitrogens with one attached hydrogen (secondary N) is 1. The van der Waals surface area contributed by atoms with Crippen LogP contribution in [0.5, 0.6) is 0 Å². The first-order chi connectivity index (χ1) is 7.50. The summed E-state index contributed by atoms with van der Waals surface area (Å²) in [7, 11) is 0. The lowest BCUT2D eigenvalue weighted by molar-refractivity contribution is 0.0290. The van der Waals surface area contributed by atoms with Crippen LogP contribution in [0.2, 0.25) is 0 Å². The fourth-order valence-corrected chi connectivity index (χ4v) is 1.03. The van der Waals surface area contributed by atoms with Gasteiger partial charge in [0.25, 0.3) is 0 Å². The monoisotopic (exact) mass is 243 g/mol. The minimum atomic E-state index is -0.318. The number of ether oxygens (including phenoxy) is 1. The van der Waals surface area contributed by atoms with E-state index in [1.54, 1.807) is 0 Å². The van der Waals surface area contributed by atoms with E-state index < -0.39 is 0 Å². The van der Waals surface area contributed by atoms with Gasteiger partial charge in [-0.05, 0) is 25.7 Å². The molecule has 0 aliphatic rings. The summed E-state index contributed by atoms with van der Waals surface area (Å²) in [6.07, 6.45) is 0.581. The van der Waals surface area contributed by atoms with Gasteiger partial charge in [0.05, 0.1) is 0 Å². The molecular formula is C14H29NO2. The quantitative estimate of drug-likeness (QED) is 0.811. The van der Waals surface area contributed by atoms with E-state index >= 15 is 0 Å². The number of amides is 1. The van der Waals surface area contributed by atoms with E-state index in [0.717, 1.165) is 6.42 Å².